The quantitative estimate of drug-likeness (QED) is 0.302. The van der Waals surface area contributed by atoms with Gasteiger partial charge >= 0.3 is 0 Å². The number of hydrogen-bond acceptors (Lipinski definition) is 4. The summed E-state index contributed by atoms with van der Waals surface area (Å²) in [6.45, 7) is 0.346. The van der Waals surface area contributed by atoms with Crippen molar-refractivity contribution >= 4 is 68.0 Å². The SMILES string of the molecule is O=C1C(=Cc2cc(Br)ccc2OCc2ccc(Cl)c(Cl)c2)SC(=NC2CCCCC2)N1C1CCCCC1. The lowest BCUT2D eigenvalue weighted by Crippen LogP contribution is -2.41. The van der Waals surface area contributed by atoms with Gasteiger partial charge in [-0.25, -0.2) is 0 Å². The Labute approximate surface area is 242 Å². The molecule has 5 rings (SSSR count). The number of carbonyl (C=O) groups excluding carboxylic acids is 1. The average molecular weight is 622 g/mol. The number of carbonyl (C=O) groups is 1. The van der Waals surface area contributed by atoms with Crippen LogP contribution in [0.1, 0.15) is 75.3 Å². The van der Waals surface area contributed by atoms with Crippen LogP contribution in [0.4, 0.5) is 0 Å². The molecule has 2 aromatic rings. The predicted octanol–water partition coefficient (Wildman–Crippen LogP) is 9.27. The van der Waals surface area contributed by atoms with Crippen LogP contribution >= 0.6 is 50.9 Å². The van der Waals surface area contributed by atoms with E-state index in [9.17, 15) is 4.79 Å². The molecule has 0 N–H and O–H groups in total. The monoisotopic (exact) mass is 620 g/mol. The van der Waals surface area contributed by atoms with Gasteiger partial charge in [0.2, 0.25) is 0 Å². The first kappa shape index (κ1) is 27.1. The van der Waals surface area contributed by atoms with Crippen LogP contribution in [0.15, 0.2) is 50.8 Å². The topological polar surface area (TPSA) is 41.9 Å². The van der Waals surface area contributed by atoms with E-state index in [2.05, 4.69) is 15.9 Å². The first-order valence-electron chi connectivity index (χ1n) is 13.1. The van der Waals surface area contributed by atoms with Crippen molar-refractivity contribution in [1.82, 2.24) is 4.90 Å². The van der Waals surface area contributed by atoms with Crippen LogP contribution in [0.25, 0.3) is 6.08 Å². The summed E-state index contributed by atoms with van der Waals surface area (Å²) in [5.74, 6) is 0.777. The molecule has 1 heterocycles. The molecular weight excluding hydrogens is 591 g/mol. The van der Waals surface area contributed by atoms with Gasteiger partial charge in [0.15, 0.2) is 5.17 Å². The molecule has 0 atom stereocenters. The highest BCUT2D eigenvalue weighted by Gasteiger charge is 2.39. The Morgan fingerprint density at radius 2 is 1.70 bits per heavy atom. The second-order valence-electron chi connectivity index (χ2n) is 10.0. The van der Waals surface area contributed by atoms with E-state index in [1.54, 1.807) is 6.07 Å². The number of amidine groups is 1. The molecule has 1 amide bonds. The van der Waals surface area contributed by atoms with Gasteiger partial charge < -0.3 is 4.74 Å². The number of ether oxygens (including phenoxy) is 1. The minimum absolute atomic E-state index is 0.0712. The molecular formula is C29H31BrCl2N2O2S. The summed E-state index contributed by atoms with van der Waals surface area (Å²) < 4.78 is 7.11. The summed E-state index contributed by atoms with van der Waals surface area (Å²) in [5.41, 5.74) is 1.78. The number of aliphatic imine (C=N–C) groups is 1. The fourth-order valence-corrected chi connectivity index (χ4v) is 7.10. The van der Waals surface area contributed by atoms with E-state index in [4.69, 9.17) is 32.9 Å². The molecule has 0 unspecified atom stereocenters. The van der Waals surface area contributed by atoms with E-state index in [1.807, 2.05) is 41.3 Å². The molecule has 0 spiro atoms. The van der Waals surface area contributed by atoms with Gasteiger partial charge in [0, 0.05) is 16.1 Å². The van der Waals surface area contributed by atoms with Crippen molar-refractivity contribution in [3.8, 4) is 5.75 Å². The second-order valence-corrected chi connectivity index (χ2v) is 12.7. The summed E-state index contributed by atoms with van der Waals surface area (Å²) in [6.07, 6.45) is 13.6. The van der Waals surface area contributed by atoms with E-state index in [1.165, 1.54) is 50.3 Å². The van der Waals surface area contributed by atoms with Crippen LogP contribution in [0.5, 0.6) is 5.75 Å². The summed E-state index contributed by atoms with van der Waals surface area (Å²) in [6, 6.07) is 11.9. The zero-order chi connectivity index (χ0) is 25.8. The van der Waals surface area contributed by atoms with E-state index in [0.29, 0.717) is 33.3 Å². The maximum Gasteiger partial charge on any atom is 0.267 e. The Balaban J connectivity index is 1.42. The highest BCUT2D eigenvalue weighted by Crippen LogP contribution is 2.40. The zero-order valence-corrected chi connectivity index (χ0v) is 24.6. The Morgan fingerprint density at radius 1 is 0.973 bits per heavy atom. The molecule has 2 saturated carbocycles. The van der Waals surface area contributed by atoms with E-state index >= 15 is 0 Å². The van der Waals surface area contributed by atoms with Gasteiger partial charge in [-0.3, -0.25) is 14.7 Å². The molecule has 0 aromatic heterocycles. The number of rotatable bonds is 6. The van der Waals surface area contributed by atoms with E-state index < -0.39 is 0 Å². The summed E-state index contributed by atoms with van der Waals surface area (Å²) in [4.78, 5) is 21.6. The minimum atomic E-state index is 0.0712. The largest absolute Gasteiger partial charge is 0.488 e. The summed E-state index contributed by atoms with van der Waals surface area (Å²) >= 11 is 17.3. The molecule has 4 nitrogen and oxygen atoms in total. The third kappa shape index (κ3) is 6.76. The average Bonchev–Trinajstić information content (AvgIpc) is 3.20. The Bertz CT molecular complexity index is 1210. The Morgan fingerprint density at radius 3 is 2.43 bits per heavy atom. The Kier molecular flexibility index (Phi) is 9.22. The maximum absolute atomic E-state index is 13.8. The molecule has 2 aliphatic carbocycles. The molecule has 8 heteroatoms. The number of halogens is 3. The smallest absolute Gasteiger partial charge is 0.267 e. The minimum Gasteiger partial charge on any atom is -0.488 e. The van der Waals surface area contributed by atoms with Crippen LogP contribution in [0, 0.1) is 0 Å². The van der Waals surface area contributed by atoms with Crippen molar-refractivity contribution in [2.75, 3.05) is 0 Å². The first-order valence-corrected chi connectivity index (χ1v) is 15.5. The molecule has 37 heavy (non-hydrogen) atoms. The van der Waals surface area contributed by atoms with Crippen molar-refractivity contribution in [3.63, 3.8) is 0 Å². The summed E-state index contributed by atoms with van der Waals surface area (Å²) in [5, 5.41) is 1.91. The molecule has 0 radical (unpaired) electrons. The van der Waals surface area contributed by atoms with Crippen LogP contribution in [0.2, 0.25) is 10.0 Å². The lowest BCUT2D eigenvalue weighted by atomic mass is 9.94. The van der Waals surface area contributed by atoms with Crippen molar-refractivity contribution in [2.24, 2.45) is 4.99 Å². The van der Waals surface area contributed by atoms with E-state index in [0.717, 1.165) is 46.5 Å². The van der Waals surface area contributed by atoms with Crippen molar-refractivity contribution in [1.29, 1.82) is 0 Å². The molecule has 0 bridgehead atoms. The third-order valence-corrected chi connectivity index (χ3v) is 9.51. The number of nitrogens with zero attached hydrogens (tertiary/aromatic N) is 2. The molecule has 196 valence electrons. The highest BCUT2D eigenvalue weighted by atomic mass is 79.9. The van der Waals surface area contributed by atoms with Crippen molar-refractivity contribution in [3.05, 3.63) is 66.9 Å². The fraction of sp³-hybridized carbons (Fsp3) is 0.448. The predicted molar refractivity (Wildman–Crippen MR) is 159 cm³/mol. The first-order chi connectivity index (χ1) is 18.0. The van der Waals surface area contributed by atoms with Crippen molar-refractivity contribution in [2.45, 2.75) is 82.9 Å². The van der Waals surface area contributed by atoms with Gasteiger partial charge in [-0.1, -0.05) is 83.7 Å². The van der Waals surface area contributed by atoms with Gasteiger partial charge in [-0.05, 0) is 79.4 Å². The number of thioether (sulfide) groups is 1. The van der Waals surface area contributed by atoms with Crippen LogP contribution in [0.3, 0.4) is 0 Å². The van der Waals surface area contributed by atoms with Crippen molar-refractivity contribution < 1.29 is 9.53 Å². The Hall–Kier alpha value is -1.47. The van der Waals surface area contributed by atoms with Gasteiger partial charge in [0.05, 0.1) is 21.0 Å². The van der Waals surface area contributed by atoms with Gasteiger partial charge in [0.1, 0.15) is 12.4 Å². The molecule has 1 saturated heterocycles. The molecule has 3 aliphatic rings. The fourth-order valence-electron chi connectivity index (χ4n) is 5.30. The third-order valence-electron chi connectivity index (χ3n) is 7.28. The van der Waals surface area contributed by atoms with Gasteiger partial charge in [-0.2, -0.15) is 0 Å². The molecule has 3 fully saturated rings. The van der Waals surface area contributed by atoms with Gasteiger partial charge in [-0.15, -0.1) is 0 Å². The van der Waals surface area contributed by atoms with Crippen LogP contribution in [-0.2, 0) is 11.4 Å². The molecule has 2 aromatic carbocycles. The maximum atomic E-state index is 13.8. The highest BCUT2D eigenvalue weighted by molar-refractivity contribution is 9.10. The number of hydrogen-bond donors (Lipinski definition) is 0. The number of benzene rings is 2. The lowest BCUT2D eigenvalue weighted by molar-refractivity contribution is -0.124. The van der Waals surface area contributed by atoms with Crippen LogP contribution in [-0.4, -0.2) is 28.1 Å². The normalized spacial score (nSPS) is 21.8. The van der Waals surface area contributed by atoms with Crippen LogP contribution < -0.4 is 4.74 Å². The summed E-state index contributed by atoms with van der Waals surface area (Å²) in [7, 11) is 0. The lowest BCUT2D eigenvalue weighted by Gasteiger charge is -2.31. The molecule has 1 aliphatic heterocycles. The standard InChI is InChI=1S/C29H31BrCl2N2O2S/c30-21-12-14-26(36-18-19-11-13-24(31)25(32)15-19)20(16-21)17-27-28(35)34(23-9-5-2-6-10-23)29(37-27)33-22-7-3-1-4-8-22/h11-17,22-23H,1-10,18H2. The van der Waals surface area contributed by atoms with E-state index in [-0.39, 0.29) is 11.9 Å². The second kappa shape index (κ2) is 12.6. The van der Waals surface area contributed by atoms with Gasteiger partial charge in [0.25, 0.3) is 5.91 Å². The number of amides is 1. The zero-order valence-electron chi connectivity index (χ0n) is 20.7.